The van der Waals surface area contributed by atoms with Crippen LogP contribution in [0.4, 0.5) is 10.5 Å². The molecule has 1 aliphatic heterocycles. The molecule has 2 N–H and O–H groups in total. The summed E-state index contributed by atoms with van der Waals surface area (Å²) in [7, 11) is 0. The minimum absolute atomic E-state index is 0.140. The lowest BCUT2D eigenvalue weighted by molar-refractivity contribution is 0.174. The zero-order chi connectivity index (χ0) is 16.2. The van der Waals surface area contributed by atoms with Gasteiger partial charge in [-0.2, -0.15) is 0 Å². The summed E-state index contributed by atoms with van der Waals surface area (Å²) in [6.07, 6.45) is 0.869. The average molecular weight is 312 g/mol. The van der Waals surface area contributed by atoms with E-state index in [2.05, 4.69) is 17.6 Å². The lowest BCUT2D eigenvalue weighted by atomic mass is 10.1. The van der Waals surface area contributed by atoms with E-state index in [0.717, 1.165) is 29.0 Å². The quantitative estimate of drug-likeness (QED) is 0.901. The van der Waals surface area contributed by atoms with E-state index in [1.165, 1.54) is 0 Å². The third kappa shape index (κ3) is 3.39. The zero-order valence-electron chi connectivity index (χ0n) is 13.3. The van der Waals surface area contributed by atoms with Gasteiger partial charge in [0.25, 0.3) is 0 Å². The summed E-state index contributed by atoms with van der Waals surface area (Å²) in [5, 5.41) is 5.85. The van der Waals surface area contributed by atoms with Gasteiger partial charge in [-0.1, -0.05) is 31.2 Å². The van der Waals surface area contributed by atoms with Crippen LogP contribution in [0.15, 0.2) is 42.5 Å². The average Bonchev–Trinajstić information content (AvgIpc) is 3.02. The first-order chi connectivity index (χ1) is 11.2. The van der Waals surface area contributed by atoms with E-state index >= 15 is 0 Å². The number of para-hydroxylation sites is 1. The van der Waals surface area contributed by atoms with Crippen LogP contribution in [0.2, 0.25) is 0 Å². The lowest BCUT2D eigenvalue weighted by Crippen LogP contribution is -2.31. The van der Waals surface area contributed by atoms with Crippen LogP contribution in [0.1, 0.15) is 31.0 Å². The van der Waals surface area contributed by atoms with Crippen molar-refractivity contribution in [2.24, 2.45) is 0 Å². The van der Waals surface area contributed by atoms with Crippen LogP contribution in [-0.2, 0) is 6.42 Å². The van der Waals surface area contributed by atoms with Crippen molar-refractivity contribution in [3.05, 3.63) is 53.6 Å². The fourth-order valence-corrected chi connectivity index (χ4v) is 2.57. The molecule has 2 amide bonds. The summed E-state index contributed by atoms with van der Waals surface area (Å²) >= 11 is 0. The minimum Gasteiger partial charge on any atom is -0.454 e. The van der Waals surface area contributed by atoms with Crippen LogP contribution < -0.4 is 20.1 Å². The second kappa shape index (κ2) is 6.60. The Morgan fingerprint density at radius 3 is 2.78 bits per heavy atom. The molecule has 0 bridgehead atoms. The number of amides is 2. The van der Waals surface area contributed by atoms with Gasteiger partial charge in [-0.25, -0.2) is 4.79 Å². The van der Waals surface area contributed by atoms with Gasteiger partial charge in [-0.3, -0.25) is 0 Å². The third-order valence-electron chi connectivity index (χ3n) is 3.89. The number of anilines is 1. The maximum Gasteiger partial charge on any atom is 0.319 e. The number of carbonyl (C=O) groups is 1. The molecule has 5 nitrogen and oxygen atoms in total. The maximum absolute atomic E-state index is 12.2. The molecule has 0 saturated carbocycles. The number of carbonyl (C=O) groups excluding carboxylic acids is 1. The fourth-order valence-electron chi connectivity index (χ4n) is 2.57. The van der Waals surface area contributed by atoms with E-state index in [-0.39, 0.29) is 18.9 Å². The Kier molecular flexibility index (Phi) is 4.37. The second-order valence-corrected chi connectivity index (χ2v) is 5.44. The lowest BCUT2D eigenvalue weighted by Gasteiger charge is -2.16. The number of benzene rings is 2. The van der Waals surface area contributed by atoms with Crippen LogP contribution in [0.25, 0.3) is 0 Å². The number of hydrogen-bond donors (Lipinski definition) is 2. The van der Waals surface area contributed by atoms with Crippen LogP contribution in [-0.4, -0.2) is 12.8 Å². The van der Waals surface area contributed by atoms with Crippen LogP contribution >= 0.6 is 0 Å². The van der Waals surface area contributed by atoms with E-state index in [4.69, 9.17) is 9.47 Å². The maximum atomic E-state index is 12.2. The van der Waals surface area contributed by atoms with Gasteiger partial charge < -0.3 is 20.1 Å². The van der Waals surface area contributed by atoms with Crippen LogP contribution in [0, 0.1) is 0 Å². The van der Waals surface area contributed by atoms with E-state index in [1.807, 2.05) is 49.4 Å². The van der Waals surface area contributed by atoms with Gasteiger partial charge in [-0.05, 0) is 42.7 Å². The Balaban J connectivity index is 1.65. The van der Waals surface area contributed by atoms with Crippen LogP contribution in [0.3, 0.4) is 0 Å². The van der Waals surface area contributed by atoms with Gasteiger partial charge in [0.1, 0.15) is 0 Å². The van der Waals surface area contributed by atoms with E-state index in [1.54, 1.807) is 0 Å². The van der Waals surface area contributed by atoms with Crippen molar-refractivity contribution in [1.82, 2.24) is 5.32 Å². The first-order valence-electron chi connectivity index (χ1n) is 7.72. The topological polar surface area (TPSA) is 59.6 Å². The highest BCUT2D eigenvalue weighted by atomic mass is 16.7. The van der Waals surface area contributed by atoms with Crippen molar-refractivity contribution < 1.29 is 14.3 Å². The molecule has 2 aromatic rings. The third-order valence-corrected chi connectivity index (χ3v) is 3.89. The number of hydrogen-bond acceptors (Lipinski definition) is 3. The summed E-state index contributed by atoms with van der Waals surface area (Å²) < 4.78 is 10.7. The van der Waals surface area contributed by atoms with Gasteiger partial charge in [-0.15, -0.1) is 0 Å². The Bertz CT molecular complexity index is 715. The molecule has 0 saturated heterocycles. The fraction of sp³-hybridized carbons (Fsp3) is 0.278. The Morgan fingerprint density at radius 2 is 1.96 bits per heavy atom. The summed E-state index contributed by atoms with van der Waals surface area (Å²) in [6, 6.07) is 13.1. The molecule has 23 heavy (non-hydrogen) atoms. The molecular formula is C18H20N2O3. The molecule has 0 fully saturated rings. The zero-order valence-corrected chi connectivity index (χ0v) is 13.3. The van der Waals surface area contributed by atoms with Crippen molar-refractivity contribution in [3.8, 4) is 11.5 Å². The Morgan fingerprint density at radius 1 is 1.17 bits per heavy atom. The molecular weight excluding hydrogens is 292 g/mol. The SMILES string of the molecule is CCc1ccccc1NC(=O)N[C@H](C)c1ccc2c(c1)OCO2. The van der Waals surface area contributed by atoms with Crippen molar-refractivity contribution in [1.29, 1.82) is 0 Å². The van der Waals surface area contributed by atoms with Crippen LogP contribution in [0.5, 0.6) is 11.5 Å². The van der Waals surface area contributed by atoms with Gasteiger partial charge >= 0.3 is 6.03 Å². The molecule has 1 atom stereocenters. The summed E-state index contributed by atoms with van der Waals surface area (Å²) in [5.41, 5.74) is 2.91. The number of urea groups is 1. The number of ether oxygens (including phenoxy) is 2. The van der Waals surface area contributed by atoms with Gasteiger partial charge in [0.05, 0.1) is 6.04 Å². The molecule has 0 aliphatic carbocycles. The van der Waals surface area contributed by atoms with E-state index in [9.17, 15) is 4.79 Å². The first kappa shape index (κ1) is 15.2. The highest BCUT2D eigenvalue weighted by molar-refractivity contribution is 5.90. The number of nitrogens with one attached hydrogen (secondary N) is 2. The standard InChI is InChI=1S/C18H20N2O3/c1-3-13-6-4-5-7-15(13)20-18(21)19-12(2)14-8-9-16-17(10-14)23-11-22-16/h4-10,12H,3,11H2,1-2H3,(H2,19,20,21)/t12-/m1/s1. The number of rotatable bonds is 4. The summed E-state index contributed by atoms with van der Waals surface area (Å²) in [6.45, 7) is 4.24. The van der Waals surface area contributed by atoms with Gasteiger partial charge in [0.2, 0.25) is 6.79 Å². The van der Waals surface area contributed by atoms with Crippen molar-refractivity contribution >= 4 is 11.7 Å². The summed E-state index contributed by atoms with van der Waals surface area (Å²) in [5.74, 6) is 1.45. The predicted octanol–water partition coefficient (Wildman–Crippen LogP) is 3.86. The predicted molar refractivity (Wildman–Crippen MR) is 89.0 cm³/mol. The normalized spacial score (nSPS) is 13.5. The number of fused-ring (bicyclic) bond motifs is 1. The molecule has 1 heterocycles. The molecule has 0 radical (unpaired) electrons. The Hall–Kier alpha value is -2.69. The molecule has 0 unspecified atom stereocenters. The van der Waals surface area contributed by atoms with Gasteiger partial charge in [0, 0.05) is 5.69 Å². The van der Waals surface area contributed by atoms with E-state index < -0.39 is 0 Å². The monoisotopic (exact) mass is 312 g/mol. The molecule has 0 aromatic heterocycles. The minimum atomic E-state index is -0.226. The second-order valence-electron chi connectivity index (χ2n) is 5.44. The van der Waals surface area contributed by atoms with Crippen molar-refractivity contribution in [2.75, 3.05) is 12.1 Å². The molecule has 120 valence electrons. The van der Waals surface area contributed by atoms with Crippen molar-refractivity contribution in [2.45, 2.75) is 26.3 Å². The molecule has 5 heteroatoms. The molecule has 2 aromatic carbocycles. The molecule has 0 spiro atoms. The molecule has 1 aliphatic rings. The largest absolute Gasteiger partial charge is 0.454 e. The summed E-state index contributed by atoms with van der Waals surface area (Å²) in [4.78, 5) is 12.2. The first-order valence-corrected chi connectivity index (χ1v) is 7.72. The van der Waals surface area contributed by atoms with E-state index in [0.29, 0.717) is 5.75 Å². The van der Waals surface area contributed by atoms with Crippen molar-refractivity contribution in [3.63, 3.8) is 0 Å². The highest BCUT2D eigenvalue weighted by Crippen LogP contribution is 2.34. The highest BCUT2D eigenvalue weighted by Gasteiger charge is 2.17. The van der Waals surface area contributed by atoms with Gasteiger partial charge in [0.15, 0.2) is 11.5 Å². The number of aryl methyl sites for hydroxylation is 1. The molecule has 3 rings (SSSR count). The smallest absolute Gasteiger partial charge is 0.319 e. The Labute approximate surface area is 135 Å².